The Morgan fingerprint density at radius 3 is 0.812 bits per heavy atom. The summed E-state index contributed by atoms with van der Waals surface area (Å²) in [5.41, 5.74) is 0. The number of nitrogens with zero attached hydrogens (tertiary/aromatic N) is 5. The Kier molecular flexibility index (Phi) is 47.7. The van der Waals surface area contributed by atoms with Crippen LogP contribution in [0.15, 0.2) is 0 Å². The number of ether oxygens (including phenoxy) is 1. The van der Waals surface area contributed by atoms with Crippen molar-refractivity contribution in [2.24, 2.45) is 0 Å². The fraction of sp³-hybridized carbons (Fsp3) is 0.907. The van der Waals surface area contributed by atoms with E-state index in [0.29, 0.717) is 13.1 Å². The number of carboxylic acids is 3. The van der Waals surface area contributed by atoms with Crippen LogP contribution in [0.3, 0.4) is 0 Å². The maximum atomic E-state index is 13.6. The molecule has 15 heteroatoms. The molecule has 1 rings (SSSR count). The Morgan fingerprint density at radius 2 is 0.580 bits per heavy atom. The third kappa shape index (κ3) is 43.8. The number of hydrogen-bond donors (Lipinski definition) is 0. The molecule has 1 aliphatic rings. The van der Waals surface area contributed by atoms with Crippen LogP contribution in [0.25, 0.3) is 0 Å². The number of hydrogen-bond acceptors (Lipinski definition) is 13. The van der Waals surface area contributed by atoms with E-state index in [1.807, 2.05) is 4.90 Å². The third-order valence-electron chi connectivity index (χ3n) is 13.6. The molecule has 0 spiro atoms. The fourth-order valence-corrected chi connectivity index (χ4v) is 9.28. The topological polar surface area (TPSA) is 180 Å². The molecular weight excluding hydrogens is 1020 g/mol. The monoisotopic (exact) mass is 1120 g/mol. The van der Waals surface area contributed by atoms with E-state index in [1.165, 1.54) is 167 Å². The zero-order valence-corrected chi connectivity index (χ0v) is 46.3. The number of aliphatic carboxylic acids is 3. The maximum Gasteiger partial charge on any atom is 3.00 e. The molecule has 0 aromatic rings. The van der Waals surface area contributed by atoms with Gasteiger partial charge in [0.25, 0.3) is 5.91 Å². The number of rotatable bonds is 44. The second-order valence-corrected chi connectivity index (χ2v) is 19.9. The van der Waals surface area contributed by atoms with Crippen molar-refractivity contribution in [1.82, 2.24) is 24.5 Å². The van der Waals surface area contributed by atoms with Gasteiger partial charge < -0.3 is 39.3 Å². The van der Waals surface area contributed by atoms with Gasteiger partial charge in [-0.2, -0.15) is 0 Å². The van der Waals surface area contributed by atoms with Gasteiger partial charge in [0.15, 0.2) is 6.61 Å². The second kappa shape index (κ2) is 48.8. The number of amides is 1. The smallest absolute Gasteiger partial charge is 0.549 e. The minimum Gasteiger partial charge on any atom is -0.549 e. The molecule has 1 aliphatic heterocycles. The molecule has 0 aromatic heterocycles. The van der Waals surface area contributed by atoms with E-state index in [-0.39, 0.29) is 131 Å². The van der Waals surface area contributed by atoms with Crippen molar-refractivity contribution in [3.05, 3.63) is 0 Å². The summed E-state index contributed by atoms with van der Waals surface area (Å²) in [7, 11) is 0. The van der Waals surface area contributed by atoms with Crippen molar-refractivity contribution in [3.8, 4) is 0 Å². The molecule has 1 fully saturated rings. The number of carbonyl (C=O) groups is 5. The van der Waals surface area contributed by atoms with Crippen LogP contribution in [0.5, 0.6) is 0 Å². The Labute approximate surface area is 452 Å². The van der Waals surface area contributed by atoms with Gasteiger partial charge >= 0.3 is 45.9 Å². The van der Waals surface area contributed by atoms with E-state index in [9.17, 15) is 39.3 Å². The van der Waals surface area contributed by atoms with Gasteiger partial charge in [0.05, 0.1) is 24.5 Å². The van der Waals surface area contributed by atoms with Crippen molar-refractivity contribution in [2.75, 3.05) is 98.2 Å². The molecule has 0 aromatic carbocycles. The van der Waals surface area contributed by atoms with E-state index in [4.69, 9.17) is 4.74 Å². The molecule has 1 saturated heterocycles. The summed E-state index contributed by atoms with van der Waals surface area (Å²) >= 11 is 0. The van der Waals surface area contributed by atoms with Crippen LogP contribution in [0, 0.1) is 39.9 Å². The van der Waals surface area contributed by atoms with E-state index in [2.05, 4.69) is 13.8 Å². The van der Waals surface area contributed by atoms with Crippen molar-refractivity contribution >= 4 is 29.8 Å². The zero-order chi connectivity index (χ0) is 49.7. The van der Waals surface area contributed by atoms with Crippen LogP contribution in [0.1, 0.15) is 219 Å². The Bertz CT molecular complexity index is 1200. The summed E-state index contributed by atoms with van der Waals surface area (Å²) in [4.78, 5) is 69.9. The molecule has 69 heavy (non-hydrogen) atoms. The number of carbonyl (C=O) groups excluding carboxylic acids is 5. The van der Waals surface area contributed by atoms with Gasteiger partial charge in [0.1, 0.15) is 0 Å². The minimum atomic E-state index is -1.29. The van der Waals surface area contributed by atoms with Crippen molar-refractivity contribution in [1.29, 1.82) is 0 Å². The molecule has 14 nitrogen and oxygen atoms in total. The average molecular weight is 1120 g/mol. The van der Waals surface area contributed by atoms with Crippen LogP contribution in [0.2, 0.25) is 0 Å². The van der Waals surface area contributed by atoms with Crippen LogP contribution < -0.4 is 15.3 Å². The zero-order valence-electron chi connectivity index (χ0n) is 44.0. The molecule has 0 aliphatic carbocycles. The molecule has 0 atom stereocenters. The number of esters is 1. The first-order valence-corrected chi connectivity index (χ1v) is 28.0. The number of unbranched alkanes of at least 4 members (excludes halogenated alkanes) is 30. The molecule has 1 radical (unpaired) electrons. The summed E-state index contributed by atoms with van der Waals surface area (Å²) < 4.78 is 5.58. The van der Waals surface area contributed by atoms with Crippen molar-refractivity contribution in [2.45, 2.75) is 219 Å². The van der Waals surface area contributed by atoms with Gasteiger partial charge in [-0.25, -0.2) is 0 Å². The third-order valence-corrected chi connectivity index (χ3v) is 13.6. The molecule has 1 amide bonds. The molecule has 0 unspecified atom stereocenters. The van der Waals surface area contributed by atoms with Crippen LogP contribution in [-0.2, 0) is 28.7 Å². The second-order valence-electron chi connectivity index (χ2n) is 19.9. The normalized spacial score (nSPS) is 14.7. The van der Waals surface area contributed by atoms with Gasteiger partial charge in [-0.05, 0) is 12.8 Å². The van der Waals surface area contributed by atoms with Gasteiger partial charge in [-0.1, -0.05) is 206 Å². The number of carboxylic acid groups (broad SMARTS) is 3. The summed E-state index contributed by atoms with van der Waals surface area (Å²) in [6, 6.07) is 0. The molecule has 0 bridgehead atoms. The Hall–Kier alpha value is -1.49. The van der Waals surface area contributed by atoms with Gasteiger partial charge in [0.2, 0.25) is 0 Å². The minimum absolute atomic E-state index is 0. The summed E-state index contributed by atoms with van der Waals surface area (Å²) in [5, 5.41) is 34.5. The fourth-order valence-electron chi connectivity index (χ4n) is 9.28. The van der Waals surface area contributed by atoms with Gasteiger partial charge in [0, 0.05) is 85.1 Å². The first-order valence-electron chi connectivity index (χ1n) is 28.0. The maximum absolute atomic E-state index is 13.6. The first-order chi connectivity index (χ1) is 33.0. The van der Waals surface area contributed by atoms with Gasteiger partial charge in [-0.3, -0.25) is 29.2 Å². The predicted octanol–water partition coefficient (Wildman–Crippen LogP) is 6.35. The average Bonchev–Trinajstić information content (AvgIpc) is 3.30. The summed E-state index contributed by atoms with van der Waals surface area (Å²) in [6.45, 7) is 5.95. The summed E-state index contributed by atoms with van der Waals surface area (Å²) in [6.07, 6.45) is 41.1. The van der Waals surface area contributed by atoms with Crippen molar-refractivity contribution in [3.63, 3.8) is 0 Å². The largest absolute Gasteiger partial charge is 3.00 e. The molecular formula is C54H100GdN5O9. The molecule has 0 N–H and O–H groups in total. The van der Waals surface area contributed by atoms with E-state index >= 15 is 0 Å². The van der Waals surface area contributed by atoms with Crippen LogP contribution in [0.4, 0.5) is 0 Å². The van der Waals surface area contributed by atoms with Gasteiger partial charge in [-0.15, -0.1) is 0 Å². The van der Waals surface area contributed by atoms with E-state index < -0.39 is 23.9 Å². The Balaban J connectivity index is 0.0000462. The van der Waals surface area contributed by atoms with Crippen LogP contribution >= 0.6 is 0 Å². The quantitative estimate of drug-likeness (QED) is 0.0487. The summed E-state index contributed by atoms with van der Waals surface area (Å²) in [5.74, 6) is -4.64. The standard InChI is InChI=1S/C54H103N5O9.Gd/c1-3-5-7-9-11-13-15-17-19-21-23-25-27-29-31-33-35-59(36-34-32-30-28-26-24-22-20-18-16-14-12-10-8-6-4-2)50(60)49-68-54(67)48-58-43-41-56(46-52(63)64)39-37-55(45-51(61)62)38-40-57(42-44-58)47-53(65)66;/h3-49H2,1-2H3,(H,61,62)(H,63,64)(H,65,66);/q;+3/p-3. The van der Waals surface area contributed by atoms with Crippen molar-refractivity contribution < 1.29 is 84.0 Å². The molecule has 403 valence electrons. The van der Waals surface area contributed by atoms with Crippen LogP contribution in [-0.4, -0.2) is 153 Å². The molecule has 1 heterocycles. The SMILES string of the molecule is CCCCCCCCCCCCCCCCCCN(CCCCCCCCCCCCCCCCCC)C(=O)COC(=O)CN1CCN(CC(=O)[O-])CCN(CC(=O)[O-])CCN(CC(=O)[O-])CC1.[Gd+3]. The first kappa shape index (κ1) is 67.5. The van der Waals surface area contributed by atoms with E-state index in [1.54, 1.807) is 19.6 Å². The molecule has 0 saturated carbocycles. The predicted molar refractivity (Wildman–Crippen MR) is 267 cm³/mol. The van der Waals surface area contributed by atoms with E-state index in [0.717, 1.165) is 38.5 Å². The Morgan fingerprint density at radius 1 is 0.362 bits per heavy atom.